The van der Waals surface area contributed by atoms with Crippen LogP contribution in [0.4, 0.5) is 0 Å². The Kier molecular flexibility index (Phi) is 5.92. The van der Waals surface area contributed by atoms with Crippen LogP contribution in [0.2, 0.25) is 0 Å². The number of nitrogens with zero attached hydrogens (tertiary/aromatic N) is 4. The molecule has 1 aliphatic heterocycles. The SMILES string of the molecule is COc1cc2nc[n-]c(=O)c2cc1OC1CCC2(CC1)C(=O)[N-]CCN2I.[Sg].[Sg]. The van der Waals surface area contributed by atoms with Gasteiger partial charge in [0.15, 0.2) is 17.1 Å². The standard InChI is InChI=1S/C18H21IN4O4.2Sg/c1-26-14-9-13-12(16(24)22-10-21-13)8-15(14)27-11-2-4-18(5-3-11)17(25)20-6-7-23(18)19;;/h8-11H,2-7H2,1H3,(H2,20,21,22,24,25);;/p-2. The van der Waals surface area contributed by atoms with Crippen molar-refractivity contribution in [2.75, 3.05) is 20.2 Å². The third-order valence-electron chi connectivity index (χ3n) is 5.35. The van der Waals surface area contributed by atoms with E-state index in [9.17, 15) is 9.59 Å². The van der Waals surface area contributed by atoms with Gasteiger partial charge in [0.1, 0.15) is 0 Å². The minimum Gasteiger partial charge on any atom is -0.651 e. The Morgan fingerprint density at radius 1 is 1.21 bits per heavy atom. The number of amides is 1. The maximum atomic E-state index is 12.4. The number of carbonyl (C=O) groups is 1. The van der Waals surface area contributed by atoms with Gasteiger partial charge in [-0.2, -0.15) is 0 Å². The molecule has 1 spiro atoms. The predicted octanol–water partition coefficient (Wildman–Crippen LogP) is 2.19. The zero-order valence-corrected chi connectivity index (χ0v) is 31.4. The number of fused-ring (bicyclic) bond motifs is 1. The third kappa shape index (κ3) is 3.49. The summed E-state index contributed by atoms with van der Waals surface area (Å²) in [7, 11) is 1.55. The van der Waals surface area contributed by atoms with E-state index in [0.29, 0.717) is 41.8 Å². The van der Waals surface area contributed by atoms with E-state index < -0.39 is 5.54 Å². The van der Waals surface area contributed by atoms with Gasteiger partial charge in [-0.25, -0.2) is 3.11 Å². The number of aromatic nitrogens is 2. The molecule has 0 N–H and O–H groups in total. The van der Waals surface area contributed by atoms with Crippen LogP contribution in [0.15, 0.2) is 23.3 Å². The smallest absolute Gasteiger partial charge is 0.178 e. The normalized spacial score (nSPS) is 24.3. The molecule has 29 heavy (non-hydrogen) atoms. The first kappa shape index (κ1) is 21.4. The molecule has 8 nitrogen and oxygen atoms in total. The first-order valence-corrected chi connectivity index (χ1v) is 9.82. The van der Waals surface area contributed by atoms with Crippen LogP contribution in [0.5, 0.6) is 11.5 Å². The number of ether oxygens (including phenoxy) is 2. The second kappa shape index (κ2) is 8.01. The second-order valence-corrected chi connectivity index (χ2v) is 7.99. The molecule has 2 aliphatic rings. The first-order chi connectivity index (χ1) is 13.0. The van der Waals surface area contributed by atoms with E-state index in [1.54, 1.807) is 19.2 Å². The number of hydrogen-bond acceptors (Lipinski definition) is 6. The van der Waals surface area contributed by atoms with Gasteiger partial charge >= 0.3 is 0 Å². The van der Waals surface area contributed by atoms with Crippen LogP contribution in [-0.2, 0) is 4.79 Å². The summed E-state index contributed by atoms with van der Waals surface area (Å²) in [6.07, 6.45) is 4.06. The summed E-state index contributed by atoms with van der Waals surface area (Å²) in [6, 6.07) is 3.33. The van der Waals surface area contributed by atoms with Gasteiger partial charge in [0.25, 0.3) is 0 Å². The number of piperazine rings is 1. The van der Waals surface area contributed by atoms with E-state index in [-0.39, 0.29) is 17.6 Å². The molecule has 1 aromatic heterocycles. The number of halogens is 1. The van der Waals surface area contributed by atoms with Crippen molar-refractivity contribution in [3.63, 3.8) is 0 Å². The van der Waals surface area contributed by atoms with Gasteiger partial charge in [0.05, 0.1) is 24.7 Å². The number of benzene rings is 1. The molecule has 0 bridgehead atoms. The summed E-state index contributed by atoms with van der Waals surface area (Å²) in [4.78, 5) is 32.2. The average Bonchev–Trinajstić information content (AvgIpc) is 2.68. The molecule has 4 rings (SSSR count). The van der Waals surface area contributed by atoms with E-state index in [0.717, 1.165) is 19.4 Å². The van der Waals surface area contributed by atoms with Crippen LogP contribution in [0.25, 0.3) is 16.2 Å². The molecule has 2 heterocycles. The Labute approximate surface area is 170 Å². The van der Waals surface area contributed by atoms with Gasteiger partial charge in [-0.05, 0) is 49.9 Å². The monoisotopic (exact) mass is 1020 g/mol. The topological polar surface area (TPSA) is 96.9 Å². The molecule has 1 aromatic carbocycles. The fourth-order valence-electron chi connectivity index (χ4n) is 3.82. The molecule has 1 aliphatic carbocycles. The molecule has 2 fully saturated rings. The molecule has 1 amide bonds. The summed E-state index contributed by atoms with van der Waals surface area (Å²) in [6.45, 7) is 1.36. The van der Waals surface area contributed by atoms with Crippen LogP contribution in [-0.4, -0.2) is 45.8 Å². The molecule has 0 unspecified atom stereocenters. The Balaban J connectivity index is 0.00000150. The van der Waals surface area contributed by atoms with Crippen molar-refractivity contribution < 1.29 is 14.3 Å². The number of rotatable bonds is 3. The van der Waals surface area contributed by atoms with E-state index >= 15 is 0 Å². The van der Waals surface area contributed by atoms with Gasteiger partial charge in [-0.15, -0.1) is 6.54 Å². The van der Waals surface area contributed by atoms with E-state index in [1.165, 1.54) is 6.33 Å². The molecular weight excluding hydrogens is 1000 g/mol. The molecule has 1 saturated heterocycles. The predicted molar refractivity (Wildman–Crippen MR) is 107 cm³/mol. The van der Waals surface area contributed by atoms with Crippen molar-refractivity contribution >= 4 is 39.7 Å². The summed E-state index contributed by atoms with van der Waals surface area (Å²) in [5.41, 5.74) is -0.316. The fraction of sp³-hybridized carbons (Fsp3) is 0.500. The summed E-state index contributed by atoms with van der Waals surface area (Å²) >= 11 is 2.24. The van der Waals surface area contributed by atoms with Crippen LogP contribution < -0.4 is 20.0 Å². The molecule has 0 radical (unpaired) electrons. The van der Waals surface area contributed by atoms with Crippen molar-refractivity contribution in [1.82, 2.24) is 13.1 Å². The number of hydrogen-bond donors (Lipinski definition) is 0. The molecule has 0 atom stereocenters. The molecule has 148 valence electrons. The molecule has 2 aromatic rings. The van der Waals surface area contributed by atoms with Crippen molar-refractivity contribution in [2.45, 2.75) is 37.3 Å². The van der Waals surface area contributed by atoms with Crippen LogP contribution in [0, 0.1) is 0 Å². The first-order valence-electron chi connectivity index (χ1n) is 8.85. The maximum absolute atomic E-state index is 12.4. The number of methoxy groups -OCH3 is 1. The maximum Gasteiger partial charge on any atom is 0.178 e. The van der Waals surface area contributed by atoms with Crippen molar-refractivity contribution in [3.05, 3.63) is 34.1 Å². The Morgan fingerprint density at radius 2 is 1.93 bits per heavy atom. The minimum absolute atomic E-state index is 0. The fourth-order valence-corrected chi connectivity index (χ4v) is 4.72. The largest absolute Gasteiger partial charge is 0.651 e. The summed E-state index contributed by atoms with van der Waals surface area (Å²) in [5, 5.41) is 4.55. The van der Waals surface area contributed by atoms with Crippen LogP contribution in [0.3, 0.4) is 0 Å². The minimum atomic E-state index is -0.498. The quantitative estimate of drug-likeness (QED) is 0.344. The van der Waals surface area contributed by atoms with Gasteiger partial charge in [-0.3, -0.25) is 4.79 Å². The summed E-state index contributed by atoms with van der Waals surface area (Å²) < 4.78 is 13.7. The average molecular weight is 1020 g/mol. The van der Waals surface area contributed by atoms with Gasteiger partial charge in [0.2, 0.25) is 0 Å². The summed E-state index contributed by atoms with van der Waals surface area (Å²) in [5.74, 6) is 1.02. The van der Waals surface area contributed by atoms with E-state index in [1.807, 2.05) is 0 Å². The van der Waals surface area contributed by atoms with Crippen molar-refractivity contribution in [2.24, 2.45) is 0 Å². The zero-order valence-electron chi connectivity index (χ0n) is 16.3. The van der Waals surface area contributed by atoms with Gasteiger partial charge in [0, 0.05) is 28.3 Å². The molecular formula is C18H19IN4O4Sg2-2. The van der Waals surface area contributed by atoms with E-state index in [2.05, 4.69) is 41.3 Å². The van der Waals surface area contributed by atoms with Crippen molar-refractivity contribution in [1.29, 1.82) is 0 Å². The Hall–Kier alpha value is -3.88. The van der Waals surface area contributed by atoms with Crippen LogP contribution >= 0.6 is 22.9 Å². The van der Waals surface area contributed by atoms with Crippen molar-refractivity contribution in [3.8, 4) is 11.5 Å². The zero-order chi connectivity index (χ0) is 19.0. The van der Waals surface area contributed by atoms with Gasteiger partial charge < -0.3 is 29.6 Å². The number of carbonyl (C=O) groups excluding carboxylic acids is 1. The Bertz CT molecular complexity index is 934. The molecule has 1 saturated carbocycles. The molecule has 11 heteroatoms. The van der Waals surface area contributed by atoms with E-state index in [4.69, 9.17) is 9.47 Å². The Morgan fingerprint density at radius 3 is 2.59 bits per heavy atom. The van der Waals surface area contributed by atoms with Gasteiger partial charge in [-0.1, -0.05) is 6.33 Å². The second-order valence-electron chi connectivity index (χ2n) is 6.82. The third-order valence-corrected chi connectivity index (χ3v) is 6.76. The van der Waals surface area contributed by atoms with Crippen LogP contribution in [0.1, 0.15) is 25.7 Å².